The summed E-state index contributed by atoms with van der Waals surface area (Å²) in [6, 6.07) is 15.8. The number of carbonyl (C=O) groups excluding carboxylic acids is 2. The molecule has 3 heterocycles. The van der Waals surface area contributed by atoms with E-state index in [0.29, 0.717) is 24.3 Å². The molecule has 2 aliphatic rings. The lowest BCUT2D eigenvalue weighted by Gasteiger charge is -2.25. The highest BCUT2D eigenvalue weighted by molar-refractivity contribution is 5.84. The zero-order valence-electron chi connectivity index (χ0n) is 28.3. The summed E-state index contributed by atoms with van der Waals surface area (Å²) in [6.07, 6.45) is 8.78. The number of halogens is 3. The maximum Gasteiger partial charge on any atom is 0.406 e. The van der Waals surface area contributed by atoms with Crippen LogP contribution in [0.2, 0.25) is 0 Å². The van der Waals surface area contributed by atoms with Crippen LogP contribution in [-0.2, 0) is 46.7 Å². The van der Waals surface area contributed by atoms with Gasteiger partial charge in [0.1, 0.15) is 12.3 Å². The first-order valence-corrected chi connectivity index (χ1v) is 17.8. The Kier molecular flexibility index (Phi) is 13.4. The van der Waals surface area contributed by atoms with Gasteiger partial charge in [0.25, 0.3) is 0 Å². The van der Waals surface area contributed by atoms with E-state index in [1.807, 2.05) is 12.3 Å². The number of nitrogens with zero attached hydrogens (tertiary/aromatic N) is 3. The van der Waals surface area contributed by atoms with Crippen molar-refractivity contribution in [2.75, 3.05) is 31.6 Å². The minimum absolute atomic E-state index is 0.163. The van der Waals surface area contributed by atoms with Gasteiger partial charge < -0.3 is 24.3 Å². The normalized spacial score (nSPS) is 16.0. The third-order valence-electron chi connectivity index (χ3n) is 9.23. The fourth-order valence-corrected chi connectivity index (χ4v) is 6.65. The zero-order chi connectivity index (χ0) is 34.5. The standard InChI is InChI=1S/C38H49F3N4O4/c39-38(40,41)28-45-26-32-24-34(48-22-18-33-27-44-20-12-19-42-37(44)43-33)17-16-30(32)23-31(36(45)47)25-35(46)49-21-11-6-4-2-1-3-5-8-13-29-14-9-7-10-15-29/h7,9-10,14-17,24,27,31H,1-6,8,11-13,18-23,25-26,28H2,(H,42,43)/t31-/m0/s1. The van der Waals surface area contributed by atoms with Gasteiger partial charge in [-0.1, -0.05) is 74.9 Å². The maximum absolute atomic E-state index is 13.5. The van der Waals surface area contributed by atoms with E-state index < -0.39 is 30.5 Å². The van der Waals surface area contributed by atoms with Crippen molar-refractivity contribution in [2.24, 2.45) is 5.92 Å². The van der Waals surface area contributed by atoms with Crippen LogP contribution >= 0.6 is 0 Å². The molecule has 0 radical (unpaired) electrons. The summed E-state index contributed by atoms with van der Waals surface area (Å²) in [6.45, 7) is 0.831. The molecule has 0 bridgehead atoms. The van der Waals surface area contributed by atoms with Gasteiger partial charge in [-0.3, -0.25) is 9.59 Å². The van der Waals surface area contributed by atoms with E-state index in [1.54, 1.807) is 18.2 Å². The Morgan fingerprint density at radius 3 is 2.43 bits per heavy atom. The average molecular weight is 683 g/mol. The van der Waals surface area contributed by atoms with Gasteiger partial charge in [0.2, 0.25) is 11.9 Å². The molecule has 0 unspecified atom stereocenters. The third-order valence-corrected chi connectivity index (χ3v) is 9.23. The summed E-state index contributed by atoms with van der Waals surface area (Å²) in [5.41, 5.74) is 3.61. The lowest BCUT2D eigenvalue weighted by molar-refractivity contribution is -0.165. The second-order valence-corrected chi connectivity index (χ2v) is 13.3. The van der Waals surface area contributed by atoms with Gasteiger partial charge in [0.15, 0.2) is 0 Å². The summed E-state index contributed by atoms with van der Waals surface area (Å²) >= 11 is 0. The van der Waals surface area contributed by atoms with E-state index in [0.717, 1.165) is 73.7 Å². The van der Waals surface area contributed by atoms with Crippen LogP contribution in [-0.4, -0.2) is 58.8 Å². The van der Waals surface area contributed by atoms with E-state index >= 15 is 0 Å². The third kappa shape index (κ3) is 11.8. The van der Waals surface area contributed by atoms with Crippen LogP contribution in [0, 0.1) is 5.92 Å². The monoisotopic (exact) mass is 682 g/mol. The van der Waals surface area contributed by atoms with Crippen molar-refractivity contribution in [3.63, 3.8) is 0 Å². The molecule has 1 N–H and O–H groups in total. The zero-order valence-corrected chi connectivity index (χ0v) is 28.3. The Hall–Kier alpha value is -4.02. The Balaban J connectivity index is 1.04. The smallest absolute Gasteiger partial charge is 0.406 e. The second kappa shape index (κ2) is 18.1. The van der Waals surface area contributed by atoms with Gasteiger partial charge in [0, 0.05) is 32.3 Å². The van der Waals surface area contributed by atoms with E-state index in [-0.39, 0.29) is 26.0 Å². The van der Waals surface area contributed by atoms with Crippen LogP contribution in [0.1, 0.15) is 86.6 Å². The number of ether oxygens (including phenoxy) is 2. The fraction of sp³-hybridized carbons (Fsp3) is 0.553. The number of amides is 1. The number of imidazole rings is 1. The molecule has 11 heteroatoms. The van der Waals surface area contributed by atoms with Crippen molar-refractivity contribution in [2.45, 2.75) is 103 Å². The molecule has 5 rings (SSSR count). The molecule has 2 aromatic carbocycles. The Morgan fingerprint density at radius 1 is 0.918 bits per heavy atom. The van der Waals surface area contributed by atoms with E-state index in [1.165, 1.54) is 31.2 Å². The van der Waals surface area contributed by atoms with Crippen molar-refractivity contribution in [3.8, 4) is 5.75 Å². The molecule has 49 heavy (non-hydrogen) atoms. The highest BCUT2D eigenvalue weighted by atomic mass is 19.4. The minimum atomic E-state index is -4.57. The predicted molar refractivity (Wildman–Crippen MR) is 182 cm³/mol. The number of alkyl halides is 3. The number of esters is 1. The SMILES string of the molecule is O=C(C[C@@H]1Cc2ccc(OCCc3cn4c(n3)NCCC4)cc2CN(CC(F)(F)F)C1=O)OCCCCCCCCCCc1ccccc1. The van der Waals surface area contributed by atoms with Crippen LogP contribution in [0.3, 0.4) is 0 Å². The quantitative estimate of drug-likeness (QED) is 0.110. The van der Waals surface area contributed by atoms with Gasteiger partial charge in [-0.05, 0) is 60.9 Å². The van der Waals surface area contributed by atoms with Crippen molar-refractivity contribution in [3.05, 3.63) is 77.1 Å². The highest BCUT2D eigenvalue weighted by Crippen LogP contribution is 2.30. The minimum Gasteiger partial charge on any atom is -0.493 e. The summed E-state index contributed by atoms with van der Waals surface area (Å²) in [7, 11) is 0. The van der Waals surface area contributed by atoms with E-state index in [2.05, 4.69) is 39.1 Å². The van der Waals surface area contributed by atoms with Crippen LogP contribution in [0.5, 0.6) is 5.75 Å². The van der Waals surface area contributed by atoms with Crippen molar-refractivity contribution >= 4 is 17.8 Å². The summed E-state index contributed by atoms with van der Waals surface area (Å²) in [5, 5.41) is 3.27. The topological polar surface area (TPSA) is 85.7 Å². The number of benzene rings is 2. The number of anilines is 1. The van der Waals surface area contributed by atoms with Crippen LogP contribution < -0.4 is 10.1 Å². The number of aromatic nitrogens is 2. The number of hydrogen-bond donors (Lipinski definition) is 1. The molecular weight excluding hydrogens is 633 g/mol. The molecule has 0 aliphatic carbocycles. The molecule has 1 amide bonds. The van der Waals surface area contributed by atoms with Gasteiger partial charge in [-0.25, -0.2) is 4.98 Å². The number of aryl methyl sites for hydroxylation is 2. The first-order valence-electron chi connectivity index (χ1n) is 17.8. The van der Waals surface area contributed by atoms with Crippen molar-refractivity contribution in [1.29, 1.82) is 0 Å². The fourth-order valence-electron chi connectivity index (χ4n) is 6.65. The van der Waals surface area contributed by atoms with Gasteiger partial charge in [-0.15, -0.1) is 0 Å². The van der Waals surface area contributed by atoms with Crippen molar-refractivity contribution < 1.29 is 32.2 Å². The number of carbonyl (C=O) groups is 2. The number of unbranched alkanes of at least 4 members (excludes halogenated alkanes) is 7. The summed E-state index contributed by atoms with van der Waals surface area (Å²) < 4.78 is 54.0. The van der Waals surface area contributed by atoms with Gasteiger partial charge in [0.05, 0.1) is 31.2 Å². The Morgan fingerprint density at radius 2 is 1.67 bits per heavy atom. The number of rotatable bonds is 18. The summed E-state index contributed by atoms with van der Waals surface area (Å²) in [5.74, 6) is -0.797. The van der Waals surface area contributed by atoms with E-state index in [9.17, 15) is 22.8 Å². The first kappa shape index (κ1) is 36.3. The molecule has 2 aliphatic heterocycles. The lowest BCUT2D eigenvalue weighted by atomic mass is 9.94. The van der Waals surface area contributed by atoms with Gasteiger partial charge in [-0.2, -0.15) is 13.2 Å². The molecule has 0 spiro atoms. The molecule has 1 atom stereocenters. The number of fused-ring (bicyclic) bond motifs is 2. The predicted octanol–water partition coefficient (Wildman–Crippen LogP) is 7.68. The maximum atomic E-state index is 13.5. The molecular formula is C38H49F3N4O4. The number of nitrogens with one attached hydrogen (secondary N) is 1. The van der Waals surface area contributed by atoms with Gasteiger partial charge >= 0.3 is 12.1 Å². The molecule has 3 aromatic rings. The highest BCUT2D eigenvalue weighted by Gasteiger charge is 2.38. The average Bonchev–Trinajstić information content (AvgIpc) is 3.45. The summed E-state index contributed by atoms with van der Waals surface area (Å²) in [4.78, 5) is 31.4. The van der Waals surface area contributed by atoms with Crippen LogP contribution in [0.25, 0.3) is 0 Å². The van der Waals surface area contributed by atoms with Crippen LogP contribution in [0.15, 0.2) is 54.7 Å². The Bertz CT molecular complexity index is 1470. The first-order chi connectivity index (χ1) is 23.7. The lowest BCUT2D eigenvalue weighted by Crippen LogP contribution is -2.41. The molecule has 0 saturated carbocycles. The second-order valence-electron chi connectivity index (χ2n) is 13.3. The number of hydrogen-bond acceptors (Lipinski definition) is 6. The molecule has 1 aromatic heterocycles. The van der Waals surface area contributed by atoms with Crippen LogP contribution in [0.4, 0.5) is 19.1 Å². The van der Waals surface area contributed by atoms with Crippen molar-refractivity contribution in [1.82, 2.24) is 14.5 Å². The Labute approximate surface area is 287 Å². The molecule has 0 fully saturated rings. The molecule has 266 valence electrons. The largest absolute Gasteiger partial charge is 0.493 e. The molecule has 8 nitrogen and oxygen atoms in total. The molecule has 0 saturated heterocycles. The van der Waals surface area contributed by atoms with E-state index in [4.69, 9.17) is 9.47 Å².